The Morgan fingerprint density at radius 1 is 0.542 bits per heavy atom. The van der Waals surface area contributed by atoms with E-state index in [1.54, 1.807) is 6.92 Å². The third-order valence-electron chi connectivity index (χ3n) is 11.5. The predicted molar refractivity (Wildman–Crippen MR) is 208 cm³/mol. The third kappa shape index (κ3) is 15.8. The van der Waals surface area contributed by atoms with Gasteiger partial charge in [-0.15, -0.1) is 0 Å². The topological polar surface area (TPSA) is 307 Å². The second-order valence-electron chi connectivity index (χ2n) is 16.1. The average molecular weight is 858 g/mol. The summed E-state index contributed by atoms with van der Waals surface area (Å²) in [5, 5.41) is 118. The fraction of sp³-hybridized carbons (Fsp3) is 0.975. The second-order valence-corrected chi connectivity index (χ2v) is 16.1. The molecule has 0 bridgehead atoms. The summed E-state index contributed by atoms with van der Waals surface area (Å²) in [5.74, 6) is -0.333. The van der Waals surface area contributed by atoms with Crippen molar-refractivity contribution in [3.8, 4) is 0 Å². The van der Waals surface area contributed by atoms with E-state index in [0.717, 1.165) is 25.7 Å². The minimum atomic E-state index is -1.96. The highest BCUT2D eigenvalue weighted by Gasteiger charge is 2.53. The molecule has 348 valence electrons. The van der Waals surface area contributed by atoms with Crippen LogP contribution >= 0.6 is 0 Å². The molecule has 3 rings (SSSR count). The number of carbonyl (C=O) groups is 1. The summed E-state index contributed by atoms with van der Waals surface area (Å²) in [4.78, 5) is 12.3. The fourth-order valence-corrected chi connectivity index (χ4v) is 7.69. The molecule has 3 heterocycles. The molecule has 0 spiro atoms. The number of carbonyl (C=O) groups excluding carboxylic acids is 1. The lowest BCUT2D eigenvalue weighted by Gasteiger charge is -2.48. The Hall–Kier alpha value is -1.21. The van der Waals surface area contributed by atoms with Crippen LogP contribution in [-0.2, 0) is 33.2 Å². The first-order valence-corrected chi connectivity index (χ1v) is 21.8. The molecule has 17 atom stereocenters. The molecule has 0 aliphatic carbocycles. The largest absolute Gasteiger partial charge is 0.394 e. The van der Waals surface area contributed by atoms with Crippen molar-refractivity contribution in [1.29, 1.82) is 0 Å². The standard InChI is InChI=1S/C40H75NO18/c1-3-5-6-7-8-9-10-11-12-13-14-15-16-17-18-24(45)23(41-28(46)4-2)22-54-38-34(52)31(49)36(26(20-43)56-38)59-40-35(53)32(50)37(27(21-44)57-40)58-39-33(51)30(48)29(47)25(19-42)55-39/h23-27,29-40,42-45,47-53H,3-22H2,1-2H3,(H,41,46). The lowest BCUT2D eigenvalue weighted by molar-refractivity contribution is -0.379. The van der Waals surface area contributed by atoms with Crippen molar-refractivity contribution in [3.05, 3.63) is 0 Å². The summed E-state index contributed by atoms with van der Waals surface area (Å²) in [6.45, 7) is 1.18. The molecule has 19 nitrogen and oxygen atoms in total. The number of hydrogen-bond donors (Lipinski definition) is 12. The quantitative estimate of drug-likeness (QED) is 0.0402. The Morgan fingerprint density at radius 2 is 0.949 bits per heavy atom. The van der Waals surface area contributed by atoms with Gasteiger partial charge in [0.15, 0.2) is 18.9 Å². The number of hydrogen-bond acceptors (Lipinski definition) is 18. The maximum atomic E-state index is 12.3. The van der Waals surface area contributed by atoms with Crippen LogP contribution in [0, 0.1) is 0 Å². The number of aliphatic hydroxyl groups excluding tert-OH is 11. The van der Waals surface area contributed by atoms with Crippen molar-refractivity contribution in [2.24, 2.45) is 0 Å². The van der Waals surface area contributed by atoms with Crippen LogP contribution in [0.2, 0.25) is 0 Å². The van der Waals surface area contributed by atoms with Gasteiger partial charge in [0.05, 0.1) is 38.6 Å². The van der Waals surface area contributed by atoms with E-state index >= 15 is 0 Å². The molecular weight excluding hydrogens is 782 g/mol. The van der Waals surface area contributed by atoms with Crippen LogP contribution in [-0.4, -0.2) is 193 Å². The summed E-state index contributed by atoms with van der Waals surface area (Å²) in [7, 11) is 0. The number of rotatable bonds is 28. The molecule has 0 aromatic rings. The van der Waals surface area contributed by atoms with Crippen LogP contribution in [0.5, 0.6) is 0 Å². The van der Waals surface area contributed by atoms with Gasteiger partial charge in [-0.1, -0.05) is 104 Å². The number of unbranched alkanes of at least 4 members (excludes halogenated alkanes) is 13. The van der Waals surface area contributed by atoms with Gasteiger partial charge in [0.2, 0.25) is 5.91 Å². The van der Waals surface area contributed by atoms with Crippen LogP contribution < -0.4 is 5.32 Å². The van der Waals surface area contributed by atoms with E-state index < -0.39 is 124 Å². The maximum Gasteiger partial charge on any atom is 0.220 e. The molecule has 17 unspecified atom stereocenters. The van der Waals surface area contributed by atoms with Crippen LogP contribution in [0.4, 0.5) is 0 Å². The van der Waals surface area contributed by atoms with Crippen LogP contribution in [0.1, 0.15) is 117 Å². The molecule has 0 aromatic heterocycles. The summed E-state index contributed by atoms with van der Waals surface area (Å²) in [6, 6.07) is -0.875. The van der Waals surface area contributed by atoms with E-state index in [-0.39, 0.29) is 18.9 Å². The zero-order chi connectivity index (χ0) is 43.5. The summed E-state index contributed by atoms with van der Waals surface area (Å²) < 4.78 is 33.7. The van der Waals surface area contributed by atoms with Crippen molar-refractivity contribution in [1.82, 2.24) is 5.32 Å². The van der Waals surface area contributed by atoms with Gasteiger partial charge in [-0.05, 0) is 6.42 Å². The maximum absolute atomic E-state index is 12.3. The Balaban J connectivity index is 1.49. The van der Waals surface area contributed by atoms with Crippen molar-refractivity contribution in [3.63, 3.8) is 0 Å². The molecular formula is C40H75NO18. The highest BCUT2D eigenvalue weighted by Crippen LogP contribution is 2.33. The zero-order valence-electron chi connectivity index (χ0n) is 34.7. The van der Waals surface area contributed by atoms with Crippen molar-refractivity contribution >= 4 is 5.91 Å². The predicted octanol–water partition coefficient (Wildman–Crippen LogP) is -1.42. The van der Waals surface area contributed by atoms with Crippen molar-refractivity contribution in [2.45, 2.75) is 221 Å². The molecule has 0 aromatic carbocycles. The van der Waals surface area contributed by atoms with Crippen molar-refractivity contribution < 1.29 is 89.4 Å². The number of aliphatic hydroxyl groups is 11. The molecule has 3 aliphatic rings. The van der Waals surface area contributed by atoms with Crippen LogP contribution in [0.3, 0.4) is 0 Å². The van der Waals surface area contributed by atoms with E-state index in [2.05, 4.69) is 12.2 Å². The number of nitrogens with one attached hydrogen (secondary N) is 1. The van der Waals surface area contributed by atoms with E-state index in [4.69, 9.17) is 28.4 Å². The van der Waals surface area contributed by atoms with E-state index in [9.17, 15) is 61.0 Å². The Bertz CT molecular complexity index is 1120. The van der Waals surface area contributed by atoms with Crippen LogP contribution in [0.25, 0.3) is 0 Å². The molecule has 19 heteroatoms. The Labute approximate surface area is 347 Å². The molecule has 3 aliphatic heterocycles. The van der Waals surface area contributed by atoms with Gasteiger partial charge in [0.1, 0.15) is 73.2 Å². The summed E-state index contributed by atoms with van der Waals surface area (Å²) >= 11 is 0. The first-order chi connectivity index (χ1) is 28.3. The van der Waals surface area contributed by atoms with Gasteiger partial charge >= 0.3 is 0 Å². The second kappa shape index (κ2) is 27.8. The van der Waals surface area contributed by atoms with Gasteiger partial charge in [0.25, 0.3) is 0 Å². The Morgan fingerprint density at radius 3 is 1.41 bits per heavy atom. The van der Waals surface area contributed by atoms with E-state index in [0.29, 0.717) is 6.42 Å². The first kappa shape index (κ1) is 52.1. The highest BCUT2D eigenvalue weighted by atomic mass is 16.8. The normalized spacial score (nSPS) is 36.3. The highest BCUT2D eigenvalue weighted by molar-refractivity contribution is 5.75. The lowest BCUT2D eigenvalue weighted by atomic mass is 9.96. The number of ether oxygens (including phenoxy) is 6. The van der Waals surface area contributed by atoms with Gasteiger partial charge in [-0.2, -0.15) is 0 Å². The lowest BCUT2D eigenvalue weighted by Crippen LogP contribution is -2.66. The van der Waals surface area contributed by atoms with E-state index in [1.807, 2.05) is 0 Å². The number of amides is 1. The Kier molecular flexibility index (Phi) is 24.5. The molecule has 1 amide bonds. The molecule has 0 saturated carbocycles. The molecule has 0 radical (unpaired) electrons. The summed E-state index contributed by atoms with van der Waals surface area (Å²) in [6.07, 6.45) is -9.22. The molecule has 59 heavy (non-hydrogen) atoms. The van der Waals surface area contributed by atoms with Gasteiger partial charge < -0.3 is 89.9 Å². The van der Waals surface area contributed by atoms with Gasteiger partial charge in [-0.3, -0.25) is 4.79 Å². The molecule has 3 saturated heterocycles. The SMILES string of the molecule is CCCCCCCCCCCCCCCCC(O)C(COC1OC(CO)C(OC2OC(CO)C(OC3OC(CO)C(O)C(O)C3O)C(O)C2O)C(O)C1O)NC(=O)CC. The van der Waals surface area contributed by atoms with Crippen LogP contribution in [0.15, 0.2) is 0 Å². The van der Waals surface area contributed by atoms with Gasteiger partial charge in [-0.25, -0.2) is 0 Å². The zero-order valence-corrected chi connectivity index (χ0v) is 34.7. The van der Waals surface area contributed by atoms with E-state index in [1.165, 1.54) is 64.2 Å². The minimum absolute atomic E-state index is 0.149. The molecule has 12 N–H and O–H groups in total. The van der Waals surface area contributed by atoms with Crippen molar-refractivity contribution in [2.75, 3.05) is 26.4 Å². The summed E-state index contributed by atoms with van der Waals surface area (Å²) in [5.41, 5.74) is 0. The molecule has 3 fully saturated rings. The minimum Gasteiger partial charge on any atom is -0.394 e. The third-order valence-corrected chi connectivity index (χ3v) is 11.5. The van der Waals surface area contributed by atoms with Gasteiger partial charge in [0, 0.05) is 6.42 Å². The first-order valence-electron chi connectivity index (χ1n) is 21.8. The average Bonchev–Trinajstić information content (AvgIpc) is 3.23. The smallest absolute Gasteiger partial charge is 0.220 e. The fourth-order valence-electron chi connectivity index (χ4n) is 7.69. The monoisotopic (exact) mass is 857 g/mol.